The van der Waals surface area contributed by atoms with Crippen LogP contribution in [-0.4, -0.2) is 26.6 Å². The summed E-state index contributed by atoms with van der Waals surface area (Å²) in [4.78, 5) is 19.2. The zero-order valence-electron chi connectivity index (χ0n) is 14.1. The molecule has 0 spiro atoms. The van der Waals surface area contributed by atoms with E-state index in [1.807, 2.05) is 26.0 Å². The molecule has 0 saturated heterocycles. The summed E-state index contributed by atoms with van der Waals surface area (Å²) >= 11 is 0. The predicted octanol–water partition coefficient (Wildman–Crippen LogP) is 3.69. The molecular formula is C17H19N5O3. The smallest absolute Gasteiger partial charge is 0.270 e. The molecule has 0 aliphatic carbocycles. The lowest BCUT2D eigenvalue weighted by molar-refractivity contribution is -0.384. The summed E-state index contributed by atoms with van der Waals surface area (Å²) in [5, 5.41) is 18.7. The van der Waals surface area contributed by atoms with E-state index in [9.17, 15) is 10.1 Å². The standard InChI is InChI=1S/C17H19N5O3/c1-11(2)17-20-16(25-21-17)4-3-9-18-15-8-5-12-10-13(22(23)24)6-7-14(12)19-15/h5-8,10-11H,3-4,9H2,1-2H3,(H,18,19). The number of nitrogens with one attached hydrogen (secondary N) is 1. The largest absolute Gasteiger partial charge is 0.370 e. The highest BCUT2D eigenvalue weighted by atomic mass is 16.6. The number of aryl methyl sites for hydroxylation is 1. The fourth-order valence-corrected chi connectivity index (χ4v) is 2.39. The number of nitrogens with zero attached hydrogens (tertiary/aromatic N) is 4. The summed E-state index contributed by atoms with van der Waals surface area (Å²) in [7, 11) is 0. The van der Waals surface area contributed by atoms with Gasteiger partial charge in [-0.3, -0.25) is 10.1 Å². The third kappa shape index (κ3) is 4.09. The molecule has 3 rings (SSSR count). The van der Waals surface area contributed by atoms with Crippen LogP contribution in [0.25, 0.3) is 10.9 Å². The number of pyridine rings is 1. The summed E-state index contributed by atoms with van der Waals surface area (Å²) in [5.74, 6) is 2.36. The van der Waals surface area contributed by atoms with Crippen LogP contribution in [0.5, 0.6) is 0 Å². The first-order chi connectivity index (χ1) is 12.0. The number of hydrogen-bond acceptors (Lipinski definition) is 7. The van der Waals surface area contributed by atoms with Gasteiger partial charge >= 0.3 is 0 Å². The van der Waals surface area contributed by atoms with Gasteiger partial charge in [-0.25, -0.2) is 4.98 Å². The maximum atomic E-state index is 10.8. The normalized spacial score (nSPS) is 11.2. The van der Waals surface area contributed by atoms with Gasteiger partial charge in [0.05, 0.1) is 10.4 Å². The van der Waals surface area contributed by atoms with Crippen molar-refractivity contribution in [3.63, 3.8) is 0 Å². The molecule has 8 nitrogen and oxygen atoms in total. The first kappa shape index (κ1) is 16.8. The molecule has 130 valence electrons. The Balaban J connectivity index is 1.55. The number of anilines is 1. The van der Waals surface area contributed by atoms with Crippen molar-refractivity contribution in [3.8, 4) is 0 Å². The third-order valence-electron chi connectivity index (χ3n) is 3.76. The highest BCUT2D eigenvalue weighted by molar-refractivity contribution is 5.82. The lowest BCUT2D eigenvalue weighted by Gasteiger charge is -2.06. The maximum absolute atomic E-state index is 10.8. The predicted molar refractivity (Wildman–Crippen MR) is 93.6 cm³/mol. The van der Waals surface area contributed by atoms with Crippen molar-refractivity contribution in [2.75, 3.05) is 11.9 Å². The molecule has 25 heavy (non-hydrogen) atoms. The van der Waals surface area contributed by atoms with E-state index in [0.29, 0.717) is 24.4 Å². The van der Waals surface area contributed by atoms with Crippen molar-refractivity contribution in [2.45, 2.75) is 32.6 Å². The van der Waals surface area contributed by atoms with Gasteiger partial charge in [-0.05, 0) is 24.6 Å². The van der Waals surface area contributed by atoms with Crippen molar-refractivity contribution in [1.82, 2.24) is 15.1 Å². The molecule has 0 atom stereocenters. The molecule has 0 aliphatic heterocycles. The average molecular weight is 341 g/mol. The third-order valence-corrected chi connectivity index (χ3v) is 3.76. The Morgan fingerprint density at radius 3 is 2.80 bits per heavy atom. The van der Waals surface area contributed by atoms with Crippen LogP contribution in [0.15, 0.2) is 34.9 Å². The average Bonchev–Trinajstić information content (AvgIpc) is 3.07. The Morgan fingerprint density at radius 1 is 1.24 bits per heavy atom. The van der Waals surface area contributed by atoms with E-state index in [2.05, 4.69) is 20.4 Å². The Labute approximate surface area is 144 Å². The van der Waals surface area contributed by atoms with Gasteiger partial charge in [-0.2, -0.15) is 4.98 Å². The van der Waals surface area contributed by atoms with Crippen molar-refractivity contribution >= 4 is 22.4 Å². The summed E-state index contributed by atoms with van der Waals surface area (Å²) in [5.41, 5.74) is 0.782. The van der Waals surface area contributed by atoms with Gasteiger partial charge in [0.25, 0.3) is 5.69 Å². The molecule has 0 unspecified atom stereocenters. The number of nitro benzene ring substituents is 1. The van der Waals surface area contributed by atoms with E-state index < -0.39 is 4.92 Å². The Kier molecular flexibility index (Phi) is 4.87. The van der Waals surface area contributed by atoms with Crippen LogP contribution in [0.2, 0.25) is 0 Å². The van der Waals surface area contributed by atoms with Crippen molar-refractivity contribution in [2.24, 2.45) is 0 Å². The number of aromatic nitrogens is 3. The minimum Gasteiger partial charge on any atom is -0.370 e. The van der Waals surface area contributed by atoms with E-state index in [1.165, 1.54) is 12.1 Å². The molecule has 0 saturated carbocycles. The van der Waals surface area contributed by atoms with Gasteiger partial charge in [-0.15, -0.1) is 0 Å². The SMILES string of the molecule is CC(C)c1noc(CCCNc2ccc3cc([N+](=O)[O-])ccc3n2)n1. The number of benzene rings is 1. The van der Waals surface area contributed by atoms with Crippen LogP contribution in [0.3, 0.4) is 0 Å². The summed E-state index contributed by atoms with van der Waals surface area (Å²) in [6, 6.07) is 8.28. The molecule has 8 heteroatoms. The second-order valence-electron chi connectivity index (χ2n) is 6.06. The van der Waals surface area contributed by atoms with Crippen molar-refractivity contribution in [3.05, 3.63) is 52.2 Å². The van der Waals surface area contributed by atoms with Gasteiger partial charge in [0.2, 0.25) is 5.89 Å². The molecule has 0 radical (unpaired) electrons. The summed E-state index contributed by atoms with van der Waals surface area (Å²) in [6.45, 7) is 4.76. The first-order valence-corrected chi connectivity index (χ1v) is 8.14. The van der Waals surface area contributed by atoms with Crippen LogP contribution in [0.4, 0.5) is 11.5 Å². The van der Waals surface area contributed by atoms with Gasteiger partial charge in [-0.1, -0.05) is 19.0 Å². The molecule has 0 amide bonds. The molecule has 0 aliphatic rings. The van der Waals surface area contributed by atoms with Crippen LogP contribution in [0.1, 0.15) is 37.9 Å². The highest BCUT2D eigenvalue weighted by Gasteiger charge is 2.09. The van der Waals surface area contributed by atoms with Crippen molar-refractivity contribution < 1.29 is 9.45 Å². The van der Waals surface area contributed by atoms with Gasteiger partial charge in [0.15, 0.2) is 5.82 Å². The summed E-state index contributed by atoms with van der Waals surface area (Å²) < 4.78 is 5.21. The lowest BCUT2D eigenvalue weighted by Crippen LogP contribution is -2.04. The van der Waals surface area contributed by atoms with Gasteiger partial charge < -0.3 is 9.84 Å². The number of nitro groups is 1. The van der Waals surface area contributed by atoms with Crippen LogP contribution in [0, 0.1) is 10.1 Å². The fourth-order valence-electron chi connectivity index (χ4n) is 2.39. The van der Waals surface area contributed by atoms with E-state index in [-0.39, 0.29) is 11.6 Å². The number of hydrogen-bond donors (Lipinski definition) is 1. The number of non-ortho nitro benzene ring substituents is 1. The zero-order valence-corrected chi connectivity index (χ0v) is 14.1. The molecule has 2 heterocycles. The number of rotatable bonds is 7. The maximum Gasteiger partial charge on any atom is 0.270 e. The highest BCUT2D eigenvalue weighted by Crippen LogP contribution is 2.21. The molecule has 1 N–H and O–H groups in total. The second kappa shape index (κ2) is 7.25. The molecule has 1 aromatic carbocycles. The van der Waals surface area contributed by atoms with Crippen LogP contribution in [-0.2, 0) is 6.42 Å². The quantitative estimate of drug-likeness (QED) is 0.396. The van der Waals surface area contributed by atoms with Gasteiger partial charge in [0, 0.05) is 36.4 Å². The zero-order chi connectivity index (χ0) is 17.8. The second-order valence-corrected chi connectivity index (χ2v) is 6.06. The fraction of sp³-hybridized carbons (Fsp3) is 0.353. The molecule has 3 aromatic rings. The Bertz CT molecular complexity index is 891. The number of fused-ring (bicyclic) bond motifs is 1. The van der Waals surface area contributed by atoms with Gasteiger partial charge in [0.1, 0.15) is 5.82 Å². The minimum atomic E-state index is -0.409. The van der Waals surface area contributed by atoms with Crippen LogP contribution >= 0.6 is 0 Å². The molecule has 0 bridgehead atoms. The van der Waals surface area contributed by atoms with Crippen molar-refractivity contribution in [1.29, 1.82) is 0 Å². The topological polar surface area (TPSA) is 107 Å². The minimum absolute atomic E-state index is 0.0651. The van der Waals surface area contributed by atoms with E-state index in [1.54, 1.807) is 6.07 Å². The van der Waals surface area contributed by atoms with E-state index in [4.69, 9.17) is 4.52 Å². The Hall–Kier alpha value is -3.03. The summed E-state index contributed by atoms with van der Waals surface area (Å²) in [6.07, 6.45) is 1.53. The van der Waals surface area contributed by atoms with E-state index >= 15 is 0 Å². The molecule has 2 aromatic heterocycles. The first-order valence-electron chi connectivity index (χ1n) is 8.14. The monoisotopic (exact) mass is 341 g/mol. The van der Waals surface area contributed by atoms with Crippen LogP contribution < -0.4 is 5.32 Å². The van der Waals surface area contributed by atoms with E-state index in [0.717, 1.165) is 23.4 Å². The lowest BCUT2D eigenvalue weighted by atomic mass is 10.2. The molecule has 0 fully saturated rings. The molecular weight excluding hydrogens is 322 g/mol. The Morgan fingerprint density at radius 2 is 2.08 bits per heavy atom.